The molecule has 2 fully saturated rings. The lowest BCUT2D eigenvalue weighted by Gasteiger charge is -2.11. The lowest BCUT2D eigenvalue weighted by molar-refractivity contribution is 0.367. The molecule has 0 N–H and O–H groups in total. The molecule has 0 aromatic rings. The van der Waals surface area contributed by atoms with Crippen molar-refractivity contribution in [2.45, 2.75) is 38.4 Å². The highest BCUT2D eigenvalue weighted by Crippen LogP contribution is 2.38. The van der Waals surface area contributed by atoms with Gasteiger partial charge in [0.1, 0.15) is 0 Å². The molecule has 0 aromatic carbocycles. The number of ether oxygens (including phenoxy) is 1. The fourth-order valence-electron chi connectivity index (χ4n) is 1.60. The SMILES string of the molecule is C[C@@H]1CC[C@H]2O[C@H]2C1. The second-order valence-corrected chi connectivity index (χ2v) is 3.13. The maximum absolute atomic E-state index is 5.35. The molecule has 1 heterocycles. The van der Waals surface area contributed by atoms with Gasteiger partial charge in [-0.05, 0) is 25.2 Å². The van der Waals surface area contributed by atoms with E-state index in [4.69, 9.17) is 4.74 Å². The Kier molecular flexibility index (Phi) is 0.884. The van der Waals surface area contributed by atoms with Crippen LogP contribution in [0.3, 0.4) is 0 Å². The van der Waals surface area contributed by atoms with Crippen LogP contribution in [0.5, 0.6) is 0 Å². The Balaban J connectivity index is 1.93. The Morgan fingerprint density at radius 3 is 2.75 bits per heavy atom. The van der Waals surface area contributed by atoms with Gasteiger partial charge >= 0.3 is 0 Å². The van der Waals surface area contributed by atoms with E-state index in [1.807, 2.05) is 0 Å². The molecule has 8 heavy (non-hydrogen) atoms. The maximum Gasteiger partial charge on any atom is 0.0844 e. The van der Waals surface area contributed by atoms with Crippen LogP contribution in [-0.4, -0.2) is 12.2 Å². The van der Waals surface area contributed by atoms with Crippen LogP contribution in [0.4, 0.5) is 0 Å². The van der Waals surface area contributed by atoms with Gasteiger partial charge in [-0.2, -0.15) is 0 Å². The normalized spacial score (nSPS) is 52.9. The van der Waals surface area contributed by atoms with Crippen LogP contribution in [0, 0.1) is 5.92 Å². The molecule has 0 unspecified atom stereocenters. The molecule has 3 atom stereocenters. The van der Waals surface area contributed by atoms with Crippen LogP contribution in [0.1, 0.15) is 26.2 Å². The summed E-state index contributed by atoms with van der Waals surface area (Å²) in [5.41, 5.74) is 0. The molecule has 1 heteroatoms. The summed E-state index contributed by atoms with van der Waals surface area (Å²) in [5.74, 6) is 0.929. The molecular formula is C7H12O. The van der Waals surface area contributed by atoms with Gasteiger partial charge in [0.05, 0.1) is 12.2 Å². The van der Waals surface area contributed by atoms with E-state index in [-0.39, 0.29) is 0 Å². The number of epoxide rings is 1. The predicted octanol–water partition coefficient (Wildman–Crippen LogP) is 1.57. The van der Waals surface area contributed by atoms with Crippen molar-refractivity contribution in [2.75, 3.05) is 0 Å². The molecule has 0 spiro atoms. The Morgan fingerprint density at radius 2 is 2.12 bits per heavy atom. The first-order valence-electron chi connectivity index (χ1n) is 3.52. The van der Waals surface area contributed by atoms with Gasteiger partial charge in [-0.25, -0.2) is 0 Å². The molecule has 1 nitrogen and oxygen atoms in total. The quantitative estimate of drug-likeness (QED) is 0.433. The maximum atomic E-state index is 5.35. The molecule has 46 valence electrons. The van der Waals surface area contributed by atoms with E-state index in [1.54, 1.807) is 0 Å². The summed E-state index contributed by atoms with van der Waals surface area (Å²) in [6, 6.07) is 0. The van der Waals surface area contributed by atoms with Gasteiger partial charge in [0, 0.05) is 0 Å². The third kappa shape index (κ3) is 0.655. The molecular weight excluding hydrogens is 100 g/mol. The smallest absolute Gasteiger partial charge is 0.0844 e. The summed E-state index contributed by atoms with van der Waals surface area (Å²) in [7, 11) is 0. The standard InChI is InChI=1S/C7H12O/c1-5-2-3-6-7(4-5)8-6/h5-7H,2-4H2,1H3/t5-,6-,7+/m1/s1. The second-order valence-electron chi connectivity index (χ2n) is 3.13. The van der Waals surface area contributed by atoms with E-state index in [1.165, 1.54) is 19.3 Å². The molecule has 2 aliphatic rings. The van der Waals surface area contributed by atoms with Gasteiger partial charge in [-0.3, -0.25) is 0 Å². The largest absolute Gasteiger partial charge is 0.370 e. The molecule has 1 aliphatic carbocycles. The predicted molar refractivity (Wildman–Crippen MR) is 31.7 cm³/mol. The van der Waals surface area contributed by atoms with Crippen LogP contribution in [-0.2, 0) is 4.74 Å². The van der Waals surface area contributed by atoms with Gasteiger partial charge < -0.3 is 4.74 Å². The van der Waals surface area contributed by atoms with Crippen LogP contribution in [0.25, 0.3) is 0 Å². The summed E-state index contributed by atoms with van der Waals surface area (Å²) in [5, 5.41) is 0. The Morgan fingerprint density at radius 1 is 1.25 bits per heavy atom. The number of hydrogen-bond acceptors (Lipinski definition) is 1. The summed E-state index contributed by atoms with van der Waals surface area (Å²) >= 11 is 0. The van der Waals surface area contributed by atoms with Crippen molar-refractivity contribution in [2.24, 2.45) is 5.92 Å². The van der Waals surface area contributed by atoms with Gasteiger partial charge in [0.15, 0.2) is 0 Å². The summed E-state index contributed by atoms with van der Waals surface area (Å²) < 4.78 is 5.35. The van der Waals surface area contributed by atoms with E-state index in [0.29, 0.717) is 12.2 Å². The lowest BCUT2D eigenvalue weighted by atomic mass is 9.91. The van der Waals surface area contributed by atoms with E-state index in [2.05, 4.69) is 6.92 Å². The second kappa shape index (κ2) is 1.47. The van der Waals surface area contributed by atoms with Crippen molar-refractivity contribution in [1.82, 2.24) is 0 Å². The zero-order valence-electron chi connectivity index (χ0n) is 5.26. The Labute approximate surface area is 50.0 Å². The lowest BCUT2D eigenvalue weighted by Crippen LogP contribution is -2.09. The summed E-state index contributed by atoms with van der Waals surface area (Å²) in [6.07, 6.45) is 5.41. The van der Waals surface area contributed by atoms with E-state index in [9.17, 15) is 0 Å². The van der Waals surface area contributed by atoms with Crippen molar-refractivity contribution in [1.29, 1.82) is 0 Å². The van der Waals surface area contributed by atoms with Crippen molar-refractivity contribution < 1.29 is 4.74 Å². The minimum absolute atomic E-state index is 0.679. The van der Waals surface area contributed by atoms with E-state index >= 15 is 0 Å². The van der Waals surface area contributed by atoms with Gasteiger partial charge in [0.25, 0.3) is 0 Å². The van der Waals surface area contributed by atoms with Crippen molar-refractivity contribution in [3.63, 3.8) is 0 Å². The summed E-state index contributed by atoms with van der Waals surface area (Å²) in [6.45, 7) is 2.32. The first-order chi connectivity index (χ1) is 3.86. The minimum Gasteiger partial charge on any atom is -0.370 e. The number of fused-ring (bicyclic) bond motifs is 1. The minimum atomic E-state index is 0.679. The van der Waals surface area contributed by atoms with Gasteiger partial charge in [-0.15, -0.1) is 0 Å². The fourth-order valence-corrected chi connectivity index (χ4v) is 1.60. The molecule has 1 saturated heterocycles. The topological polar surface area (TPSA) is 12.5 Å². The van der Waals surface area contributed by atoms with Gasteiger partial charge in [-0.1, -0.05) is 6.92 Å². The molecule has 0 bridgehead atoms. The van der Waals surface area contributed by atoms with Crippen molar-refractivity contribution >= 4 is 0 Å². The average molecular weight is 112 g/mol. The highest BCUT2D eigenvalue weighted by Gasteiger charge is 2.42. The van der Waals surface area contributed by atoms with Crippen molar-refractivity contribution in [3.05, 3.63) is 0 Å². The van der Waals surface area contributed by atoms with Crippen LogP contribution in [0.2, 0.25) is 0 Å². The zero-order valence-corrected chi connectivity index (χ0v) is 5.26. The van der Waals surface area contributed by atoms with Crippen LogP contribution >= 0.6 is 0 Å². The number of hydrogen-bond donors (Lipinski definition) is 0. The zero-order chi connectivity index (χ0) is 5.56. The highest BCUT2D eigenvalue weighted by molar-refractivity contribution is 4.90. The molecule has 0 radical (unpaired) electrons. The first kappa shape index (κ1) is 4.80. The third-order valence-electron chi connectivity index (χ3n) is 2.27. The molecule has 2 rings (SSSR count). The monoisotopic (exact) mass is 112 g/mol. The van der Waals surface area contributed by atoms with E-state index in [0.717, 1.165) is 5.92 Å². The fraction of sp³-hybridized carbons (Fsp3) is 1.00. The third-order valence-corrected chi connectivity index (χ3v) is 2.27. The van der Waals surface area contributed by atoms with Gasteiger partial charge in [0.2, 0.25) is 0 Å². The molecule has 0 amide bonds. The average Bonchev–Trinajstić information content (AvgIpc) is 2.43. The Hall–Kier alpha value is -0.0400. The molecule has 1 saturated carbocycles. The first-order valence-corrected chi connectivity index (χ1v) is 3.52. The highest BCUT2D eigenvalue weighted by atomic mass is 16.6. The Bertz CT molecular complexity index is 101. The summed E-state index contributed by atoms with van der Waals surface area (Å²) in [4.78, 5) is 0. The number of rotatable bonds is 0. The van der Waals surface area contributed by atoms with E-state index < -0.39 is 0 Å². The van der Waals surface area contributed by atoms with Crippen molar-refractivity contribution in [3.8, 4) is 0 Å². The van der Waals surface area contributed by atoms with Crippen LogP contribution < -0.4 is 0 Å². The molecule has 0 aromatic heterocycles. The molecule has 1 aliphatic heterocycles. The van der Waals surface area contributed by atoms with Crippen LogP contribution in [0.15, 0.2) is 0 Å².